The second-order valence-electron chi connectivity index (χ2n) is 8.32. The monoisotopic (exact) mass is 461 g/mol. The largest absolute Gasteiger partial charge is 0.496 e. The molecule has 174 valence electrons. The van der Waals surface area contributed by atoms with Gasteiger partial charge in [0.1, 0.15) is 5.75 Å². The lowest BCUT2D eigenvalue weighted by molar-refractivity contribution is -0.385. The molecule has 0 saturated heterocycles. The van der Waals surface area contributed by atoms with Crippen molar-refractivity contribution in [2.45, 2.75) is 51.5 Å². The summed E-state index contributed by atoms with van der Waals surface area (Å²) in [4.78, 5) is 13.2. The average Bonchev–Trinajstić information content (AvgIpc) is 2.75. The maximum absolute atomic E-state index is 12.9. The summed E-state index contributed by atoms with van der Waals surface area (Å²) in [6.07, 6.45) is 2.42. The van der Waals surface area contributed by atoms with Gasteiger partial charge in [0.15, 0.2) is 0 Å². The average molecular weight is 462 g/mol. The lowest BCUT2D eigenvalue weighted by Crippen LogP contribution is -2.32. The van der Waals surface area contributed by atoms with Gasteiger partial charge in [-0.2, -0.15) is 0 Å². The molecule has 8 nitrogen and oxygen atoms in total. The first kappa shape index (κ1) is 24.2. The fourth-order valence-corrected chi connectivity index (χ4v) is 5.89. The molecule has 1 N–H and O–H groups in total. The number of non-ortho nitro benzene ring substituents is 1. The highest BCUT2D eigenvalue weighted by molar-refractivity contribution is 7.89. The highest BCUT2D eigenvalue weighted by Crippen LogP contribution is 2.30. The second kappa shape index (κ2) is 9.97. The minimum Gasteiger partial charge on any atom is -0.496 e. The van der Waals surface area contributed by atoms with E-state index >= 15 is 0 Å². The Labute approximate surface area is 189 Å². The summed E-state index contributed by atoms with van der Waals surface area (Å²) in [5.41, 5.74) is 4.49. The summed E-state index contributed by atoms with van der Waals surface area (Å²) in [7, 11) is -2.03. The van der Waals surface area contributed by atoms with E-state index in [1.165, 1.54) is 5.56 Å². The first-order valence-corrected chi connectivity index (χ1v) is 12.3. The number of ether oxygens (including phenoxy) is 1. The summed E-state index contributed by atoms with van der Waals surface area (Å²) < 4.78 is 33.9. The summed E-state index contributed by atoms with van der Waals surface area (Å²) in [6, 6.07) is 6.84. The molecule has 3 rings (SSSR count). The van der Waals surface area contributed by atoms with Gasteiger partial charge in [0.2, 0.25) is 10.0 Å². The van der Waals surface area contributed by atoms with Crippen LogP contribution in [0.25, 0.3) is 0 Å². The Balaban J connectivity index is 1.52. The first-order chi connectivity index (χ1) is 15.1. The van der Waals surface area contributed by atoms with Crippen LogP contribution in [-0.4, -0.2) is 45.0 Å². The molecule has 0 radical (unpaired) electrons. The van der Waals surface area contributed by atoms with Gasteiger partial charge in [0, 0.05) is 31.8 Å². The van der Waals surface area contributed by atoms with E-state index in [0.29, 0.717) is 41.3 Å². The van der Waals surface area contributed by atoms with Gasteiger partial charge in [-0.1, -0.05) is 6.07 Å². The normalized spacial score (nSPS) is 14.2. The zero-order valence-corrected chi connectivity index (χ0v) is 19.9. The van der Waals surface area contributed by atoms with Gasteiger partial charge < -0.3 is 4.74 Å². The number of nitrogens with one attached hydrogen (secondary N) is 1. The topological polar surface area (TPSA) is 102 Å². The molecule has 0 amide bonds. The van der Waals surface area contributed by atoms with E-state index in [9.17, 15) is 18.5 Å². The highest BCUT2D eigenvalue weighted by Gasteiger charge is 2.23. The third-order valence-electron chi connectivity index (χ3n) is 6.15. The molecule has 1 heterocycles. The molecule has 2 aromatic carbocycles. The maximum Gasteiger partial charge on any atom is 0.269 e. The van der Waals surface area contributed by atoms with Crippen LogP contribution in [0.5, 0.6) is 5.75 Å². The molecule has 2 aromatic rings. The van der Waals surface area contributed by atoms with E-state index in [2.05, 4.69) is 9.62 Å². The Kier molecular flexibility index (Phi) is 7.53. The number of hydrogen-bond acceptors (Lipinski definition) is 6. The summed E-state index contributed by atoms with van der Waals surface area (Å²) in [5.74, 6) is 0.687. The lowest BCUT2D eigenvalue weighted by atomic mass is 9.99. The van der Waals surface area contributed by atoms with E-state index in [-0.39, 0.29) is 10.6 Å². The van der Waals surface area contributed by atoms with Crippen molar-refractivity contribution in [2.75, 3.05) is 26.7 Å². The van der Waals surface area contributed by atoms with Crippen molar-refractivity contribution < 1.29 is 18.1 Å². The molecule has 0 fully saturated rings. The van der Waals surface area contributed by atoms with Crippen LogP contribution < -0.4 is 9.46 Å². The molecule has 1 aliphatic heterocycles. The lowest BCUT2D eigenvalue weighted by Gasteiger charge is -2.28. The van der Waals surface area contributed by atoms with E-state index in [1.54, 1.807) is 39.2 Å². The molecular weight excluding hydrogens is 430 g/mol. The molecular formula is C23H31N3O5S. The molecule has 0 unspecified atom stereocenters. The molecule has 0 spiro atoms. The second-order valence-corrected chi connectivity index (χ2v) is 10.0. The van der Waals surface area contributed by atoms with Crippen molar-refractivity contribution in [1.82, 2.24) is 9.62 Å². The minimum atomic E-state index is -3.61. The predicted octanol–water partition coefficient (Wildman–Crippen LogP) is 3.65. The van der Waals surface area contributed by atoms with Gasteiger partial charge >= 0.3 is 0 Å². The standard InChI is InChI=1S/C23H31N3O5S/c1-16-13-22(31-4)17(2)18(3)23(16)32(29,30)24-10-5-6-11-25-12-9-19-7-8-21(26(27)28)14-20(19)15-25/h7-8,13-14,24H,5-6,9-12,15H2,1-4H3. The van der Waals surface area contributed by atoms with Crippen LogP contribution in [-0.2, 0) is 23.0 Å². The van der Waals surface area contributed by atoms with Crippen molar-refractivity contribution in [3.63, 3.8) is 0 Å². The van der Waals surface area contributed by atoms with E-state index in [4.69, 9.17) is 4.74 Å². The van der Waals surface area contributed by atoms with Gasteiger partial charge in [-0.3, -0.25) is 15.0 Å². The molecule has 0 aliphatic carbocycles. The van der Waals surface area contributed by atoms with Crippen LogP contribution in [0, 0.1) is 30.9 Å². The van der Waals surface area contributed by atoms with Crippen LogP contribution in [0.1, 0.15) is 40.7 Å². The number of benzene rings is 2. The van der Waals surface area contributed by atoms with Crippen molar-refractivity contribution in [1.29, 1.82) is 0 Å². The predicted molar refractivity (Wildman–Crippen MR) is 124 cm³/mol. The first-order valence-electron chi connectivity index (χ1n) is 10.8. The number of sulfonamides is 1. The smallest absolute Gasteiger partial charge is 0.269 e. The third-order valence-corrected chi connectivity index (χ3v) is 7.90. The SMILES string of the molecule is COc1cc(C)c(S(=O)(=O)NCCCCN2CCc3ccc([N+](=O)[O-])cc3C2)c(C)c1C. The number of methoxy groups -OCH3 is 1. The van der Waals surface area contributed by atoms with E-state index in [1.807, 2.05) is 13.0 Å². The molecule has 0 aromatic heterocycles. The Morgan fingerprint density at radius 1 is 1.12 bits per heavy atom. The van der Waals surface area contributed by atoms with E-state index < -0.39 is 10.0 Å². The summed E-state index contributed by atoms with van der Waals surface area (Å²) >= 11 is 0. The van der Waals surface area contributed by atoms with Crippen molar-refractivity contribution in [3.8, 4) is 5.75 Å². The zero-order chi connectivity index (χ0) is 23.5. The van der Waals surface area contributed by atoms with Crippen molar-refractivity contribution in [3.05, 3.63) is 62.2 Å². The Morgan fingerprint density at radius 3 is 2.56 bits per heavy atom. The molecule has 0 bridgehead atoms. The van der Waals surface area contributed by atoms with Gasteiger partial charge in [-0.25, -0.2) is 13.1 Å². The Morgan fingerprint density at radius 2 is 1.88 bits per heavy atom. The number of aryl methyl sites for hydroxylation is 1. The molecule has 0 saturated carbocycles. The van der Waals surface area contributed by atoms with Crippen LogP contribution in [0.4, 0.5) is 5.69 Å². The quantitative estimate of drug-likeness (QED) is 0.347. The van der Waals surface area contributed by atoms with Gasteiger partial charge in [-0.15, -0.1) is 0 Å². The Bertz CT molecular complexity index is 1120. The third kappa shape index (κ3) is 5.28. The number of hydrogen-bond donors (Lipinski definition) is 1. The van der Waals surface area contributed by atoms with Crippen molar-refractivity contribution in [2.24, 2.45) is 0 Å². The Hall–Kier alpha value is -2.49. The fraction of sp³-hybridized carbons (Fsp3) is 0.478. The number of rotatable bonds is 9. The van der Waals surface area contributed by atoms with Crippen LogP contribution in [0.15, 0.2) is 29.2 Å². The number of nitro groups is 1. The summed E-state index contributed by atoms with van der Waals surface area (Å²) in [5, 5.41) is 11.0. The van der Waals surface area contributed by atoms with Crippen LogP contribution >= 0.6 is 0 Å². The van der Waals surface area contributed by atoms with Crippen LogP contribution in [0.2, 0.25) is 0 Å². The molecule has 9 heteroatoms. The number of nitro benzene ring substituents is 1. The molecule has 32 heavy (non-hydrogen) atoms. The van der Waals surface area contributed by atoms with Gasteiger partial charge in [-0.05, 0) is 80.5 Å². The molecule has 0 atom stereocenters. The van der Waals surface area contributed by atoms with E-state index in [0.717, 1.165) is 37.1 Å². The zero-order valence-electron chi connectivity index (χ0n) is 19.1. The highest BCUT2D eigenvalue weighted by atomic mass is 32.2. The number of fused-ring (bicyclic) bond motifs is 1. The number of nitrogens with zero attached hydrogens (tertiary/aromatic N) is 2. The van der Waals surface area contributed by atoms with Crippen molar-refractivity contribution >= 4 is 15.7 Å². The number of unbranched alkanes of at least 4 members (excludes halogenated alkanes) is 1. The van der Waals surface area contributed by atoms with Gasteiger partial charge in [0.25, 0.3) is 5.69 Å². The minimum absolute atomic E-state index is 0.124. The maximum atomic E-state index is 12.9. The molecule has 1 aliphatic rings. The van der Waals surface area contributed by atoms with Gasteiger partial charge in [0.05, 0.1) is 16.9 Å². The van der Waals surface area contributed by atoms with Crippen LogP contribution in [0.3, 0.4) is 0 Å². The summed E-state index contributed by atoms with van der Waals surface area (Å²) in [6.45, 7) is 8.22. The fourth-order valence-electron chi connectivity index (χ4n) is 4.29.